The van der Waals surface area contributed by atoms with E-state index in [1.807, 2.05) is 74.4 Å². The highest BCUT2D eigenvalue weighted by Crippen LogP contribution is 2.32. The monoisotopic (exact) mass is 999 g/mol. The quantitative estimate of drug-likeness (QED) is 0.0538. The first-order valence-corrected chi connectivity index (χ1v) is 26.2. The van der Waals surface area contributed by atoms with Gasteiger partial charge in [0.15, 0.2) is 11.6 Å². The maximum absolute atomic E-state index is 14.6. The number of benzene rings is 2. The molecular weight excluding hydrogens is 913 g/mol. The van der Waals surface area contributed by atoms with Gasteiger partial charge in [0.05, 0.1) is 12.1 Å². The van der Waals surface area contributed by atoms with Gasteiger partial charge in [0.1, 0.15) is 24.2 Å². The fraction of sp³-hybridized carbons (Fsp3) is 0.643. The largest absolute Gasteiger partial charge is 0.352 e. The van der Waals surface area contributed by atoms with Gasteiger partial charge >= 0.3 is 0 Å². The van der Waals surface area contributed by atoms with E-state index in [1.165, 1.54) is 11.1 Å². The van der Waals surface area contributed by atoms with Crippen LogP contribution in [0.15, 0.2) is 48.5 Å². The lowest BCUT2D eigenvalue weighted by Gasteiger charge is -2.36. The molecule has 6 amide bonds. The summed E-state index contributed by atoms with van der Waals surface area (Å²) in [4.78, 5) is 111. The van der Waals surface area contributed by atoms with E-state index in [0.717, 1.165) is 12.8 Å². The van der Waals surface area contributed by atoms with Gasteiger partial charge in [0.25, 0.3) is 0 Å². The number of nitrogens with one attached hydrogen (secondary N) is 7. The lowest BCUT2D eigenvalue weighted by atomic mass is 9.85. The van der Waals surface area contributed by atoms with E-state index in [1.54, 1.807) is 57.1 Å². The average Bonchev–Trinajstić information content (AvgIpc) is 3.76. The molecule has 0 aromatic heterocycles. The van der Waals surface area contributed by atoms with Crippen LogP contribution in [0.3, 0.4) is 0 Å². The molecule has 16 nitrogen and oxygen atoms in total. The average molecular weight is 999 g/mol. The van der Waals surface area contributed by atoms with E-state index in [2.05, 4.69) is 49.4 Å². The number of rotatable bonds is 24. The molecule has 1 saturated heterocycles. The zero-order chi connectivity index (χ0) is 53.7. The van der Waals surface area contributed by atoms with E-state index in [0.29, 0.717) is 43.2 Å². The number of likely N-dealkylation sites (tertiary alicyclic amines) is 1. The van der Waals surface area contributed by atoms with Crippen molar-refractivity contribution in [2.75, 3.05) is 20.6 Å². The topological polar surface area (TPSA) is 224 Å². The first-order chi connectivity index (χ1) is 33.7. The van der Waals surface area contributed by atoms with Crippen LogP contribution in [0.2, 0.25) is 0 Å². The zero-order valence-corrected chi connectivity index (χ0v) is 45.4. The highest BCUT2D eigenvalue weighted by atomic mass is 16.2. The summed E-state index contributed by atoms with van der Waals surface area (Å²) >= 11 is 0. The third-order valence-electron chi connectivity index (χ3n) is 14.5. The smallest absolute Gasteiger partial charge is 0.246 e. The fourth-order valence-electron chi connectivity index (χ4n) is 9.18. The van der Waals surface area contributed by atoms with E-state index in [9.17, 15) is 38.4 Å². The second-order valence-electron chi connectivity index (χ2n) is 22.8. The van der Waals surface area contributed by atoms with Gasteiger partial charge in [-0.3, -0.25) is 38.4 Å². The molecule has 0 radical (unpaired) electrons. The Morgan fingerprint density at radius 1 is 0.653 bits per heavy atom. The molecule has 7 N–H and O–H groups in total. The summed E-state index contributed by atoms with van der Waals surface area (Å²) < 4.78 is 0. The molecule has 0 spiro atoms. The lowest BCUT2D eigenvalue weighted by molar-refractivity contribution is -0.144. The van der Waals surface area contributed by atoms with Gasteiger partial charge in [-0.1, -0.05) is 111 Å². The summed E-state index contributed by atoms with van der Waals surface area (Å²) in [5, 5.41) is 20.7. The predicted octanol–water partition coefficient (Wildman–Crippen LogP) is 5.21. The van der Waals surface area contributed by atoms with Gasteiger partial charge in [-0.05, 0) is 113 Å². The maximum atomic E-state index is 14.6. The summed E-state index contributed by atoms with van der Waals surface area (Å²) in [5.41, 5.74) is 1.86. The summed E-state index contributed by atoms with van der Waals surface area (Å²) in [5.74, 6) is -2.65. The molecule has 2 aromatic rings. The number of fused-ring (bicyclic) bond motifs is 1. The molecular formula is C56H86N8O8. The molecule has 0 saturated carbocycles. The standard InChI is InChI=1S/C56H86N8O8/c1-33(2)34(3)59-51(69)43(61-53(71)47(55(6,7)8)62-49(67)35(4)57-12)24-15-14-16-25-45(65)40-22-19-23-41(30-40)46(66)29-37-28-44(52(70)60-42-27-26-38-20-17-18-21-39(38)31-42)64(32-37)54(72)48(56(9,10)11)63-50(68)36(5)58-13/h17-23,30,33-37,42-44,47-48,57-58H,14-16,24-29,31-32H2,1-13H3,(H,59,69)(H,60,70)(H,61,71)(H,62,67)(H,63,68)/t34-,35-,36-,37+,42+,43-,44?,47+,48+/m0/s1. The predicted molar refractivity (Wildman–Crippen MR) is 281 cm³/mol. The summed E-state index contributed by atoms with van der Waals surface area (Å²) in [6.45, 7) is 20.6. The van der Waals surface area contributed by atoms with Crippen molar-refractivity contribution < 1.29 is 38.4 Å². The normalized spacial score (nSPS) is 19.4. The Balaban J connectivity index is 1.42. The molecule has 2 aliphatic rings. The zero-order valence-electron chi connectivity index (χ0n) is 45.4. The van der Waals surface area contributed by atoms with Crippen LogP contribution >= 0.6 is 0 Å². The first kappa shape index (κ1) is 59.1. The number of Topliss-reactive ketones (excluding diaryl/α,β-unsaturated/α-hetero) is 2. The van der Waals surface area contributed by atoms with E-state index < -0.39 is 53.0 Å². The Morgan fingerprint density at radius 3 is 1.82 bits per heavy atom. The van der Waals surface area contributed by atoms with Gasteiger partial charge < -0.3 is 42.1 Å². The van der Waals surface area contributed by atoms with E-state index >= 15 is 0 Å². The third-order valence-corrected chi connectivity index (χ3v) is 14.5. The van der Waals surface area contributed by atoms with Crippen molar-refractivity contribution in [1.29, 1.82) is 0 Å². The second-order valence-corrected chi connectivity index (χ2v) is 22.8. The number of hydrogen-bond acceptors (Lipinski definition) is 10. The van der Waals surface area contributed by atoms with Crippen molar-refractivity contribution in [2.45, 2.75) is 189 Å². The number of carbonyl (C=O) groups is 8. The highest BCUT2D eigenvalue weighted by Gasteiger charge is 2.46. The highest BCUT2D eigenvalue weighted by molar-refractivity contribution is 6.02. The van der Waals surface area contributed by atoms with Crippen LogP contribution in [0, 0.1) is 22.7 Å². The van der Waals surface area contributed by atoms with Crippen LogP contribution in [0.25, 0.3) is 0 Å². The van der Waals surface area contributed by atoms with Gasteiger partial charge in [0.2, 0.25) is 35.4 Å². The molecule has 1 heterocycles. The lowest BCUT2D eigenvalue weighted by Crippen LogP contribution is -2.60. The van der Waals surface area contributed by atoms with Gasteiger partial charge in [-0.15, -0.1) is 0 Å². The van der Waals surface area contributed by atoms with Crippen molar-refractivity contribution in [3.63, 3.8) is 0 Å². The SMILES string of the molecule is CN[C@@H](C)C(=O)N[C@H](C(=O)N[C@@H](CCCCCC(=O)c1cccc(C(=O)C[C@H]2CC(C(=O)N[C@@H]3CCc4ccccc4C3)N(C(=O)[C@@H](NC(=O)[C@H](C)NC)C(C)(C)C)C2)c1)C(=O)N[C@@H](C)C(C)C)C(C)(C)C. The van der Waals surface area contributed by atoms with Crippen molar-refractivity contribution in [3.05, 3.63) is 70.8 Å². The Hall–Kier alpha value is -5.48. The maximum Gasteiger partial charge on any atom is 0.246 e. The summed E-state index contributed by atoms with van der Waals surface area (Å²) in [7, 11) is 3.33. The van der Waals surface area contributed by atoms with Crippen molar-refractivity contribution in [3.8, 4) is 0 Å². The van der Waals surface area contributed by atoms with Crippen LogP contribution in [0.5, 0.6) is 0 Å². The molecule has 2 aromatic carbocycles. The Bertz CT molecular complexity index is 2230. The van der Waals surface area contributed by atoms with E-state index in [-0.39, 0.29) is 90.8 Å². The van der Waals surface area contributed by atoms with Crippen molar-refractivity contribution in [2.24, 2.45) is 22.7 Å². The molecule has 398 valence electrons. The molecule has 1 unspecified atom stereocenters. The minimum absolute atomic E-state index is 0.0461. The van der Waals surface area contributed by atoms with Crippen LogP contribution in [0.1, 0.15) is 159 Å². The van der Waals surface area contributed by atoms with Crippen LogP contribution in [-0.4, -0.2) is 121 Å². The number of unbranched alkanes of at least 4 members (excludes halogenated alkanes) is 2. The minimum atomic E-state index is -0.936. The van der Waals surface area contributed by atoms with Crippen molar-refractivity contribution in [1.82, 2.24) is 42.1 Å². The number of ketones is 2. The second kappa shape index (κ2) is 26.5. The third kappa shape index (κ3) is 16.8. The number of aryl methyl sites for hydroxylation is 1. The molecule has 1 aliphatic carbocycles. The number of likely N-dealkylation sites (N-methyl/N-ethyl adjacent to an activating group) is 2. The Kier molecular flexibility index (Phi) is 21.7. The molecule has 1 fully saturated rings. The first-order valence-electron chi connectivity index (χ1n) is 26.2. The minimum Gasteiger partial charge on any atom is -0.352 e. The van der Waals surface area contributed by atoms with Gasteiger partial charge in [0, 0.05) is 42.6 Å². The van der Waals surface area contributed by atoms with Gasteiger partial charge in [-0.2, -0.15) is 0 Å². The van der Waals surface area contributed by atoms with Crippen LogP contribution in [0.4, 0.5) is 0 Å². The molecule has 9 atom stereocenters. The van der Waals surface area contributed by atoms with Gasteiger partial charge in [-0.25, -0.2) is 0 Å². The van der Waals surface area contributed by atoms with E-state index in [4.69, 9.17) is 0 Å². The Morgan fingerprint density at radius 2 is 1.24 bits per heavy atom. The molecule has 16 heteroatoms. The molecule has 0 bridgehead atoms. The Labute approximate surface area is 428 Å². The number of carbonyl (C=O) groups excluding carboxylic acids is 8. The molecule has 72 heavy (non-hydrogen) atoms. The number of hydrogen-bond donors (Lipinski definition) is 7. The van der Waals surface area contributed by atoms with Crippen molar-refractivity contribution >= 4 is 47.0 Å². The number of amides is 6. The number of nitrogens with zero attached hydrogens (tertiary/aromatic N) is 1. The molecule has 4 rings (SSSR count). The summed E-state index contributed by atoms with van der Waals surface area (Å²) in [6.07, 6.45) is 4.74. The fourth-order valence-corrected chi connectivity index (χ4v) is 9.18. The van der Waals surface area contributed by atoms with Crippen LogP contribution in [-0.2, 0) is 41.6 Å². The summed E-state index contributed by atoms with van der Waals surface area (Å²) in [6, 6.07) is 9.96. The van der Waals surface area contributed by atoms with Crippen LogP contribution < -0.4 is 37.2 Å². The molecule has 1 aliphatic heterocycles.